The van der Waals surface area contributed by atoms with Crippen LogP contribution in [0.1, 0.15) is 6.42 Å². The van der Waals surface area contributed by atoms with Gasteiger partial charge in [-0.1, -0.05) is 0 Å². The molecule has 0 bridgehead atoms. The number of carbonyl (C=O) groups is 1. The third-order valence-corrected chi connectivity index (χ3v) is 2.69. The van der Waals surface area contributed by atoms with Crippen LogP contribution >= 0.6 is 0 Å². The van der Waals surface area contributed by atoms with Gasteiger partial charge in [-0.25, -0.2) is 0 Å². The Morgan fingerprint density at radius 3 is 2.35 bits per heavy atom. The Kier molecular flexibility index (Phi) is 6.02. The van der Waals surface area contributed by atoms with Crippen molar-refractivity contribution in [2.75, 3.05) is 45.8 Å². The monoisotopic (exact) mass is 235 g/mol. The average Bonchev–Trinajstić information content (AvgIpc) is 2.32. The fourth-order valence-corrected chi connectivity index (χ4v) is 1.72. The molecule has 17 heavy (non-hydrogen) atoms. The first-order valence-corrected chi connectivity index (χ1v) is 5.71. The summed E-state index contributed by atoms with van der Waals surface area (Å²) in [7, 11) is 0. The average molecular weight is 235 g/mol. The summed E-state index contributed by atoms with van der Waals surface area (Å²) in [5.74, 6) is -0.0333. The molecule has 1 aliphatic rings. The summed E-state index contributed by atoms with van der Waals surface area (Å²) in [6, 6.07) is 4.11. The number of rotatable bonds is 5. The molecule has 0 aliphatic carbocycles. The number of nitrogens with zero attached hydrogens (tertiary/aromatic N) is 4. The molecule has 0 unspecified atom stereocenters. The predicted octanol–water partition coefficient (Wildman–Crippen LogP) is -0.843. The molecular weight excluding hydrogens is 218 g/mol. The summed E-state index contributed by atoms with van der Waals surface area (Å²) in [5, 5.41) is 19.6. The van der Waals surface area contributed by atoms with Crippen LogP contribution in [0, 0.1) is 22.7 Å². The van der Waals surface area contributed by atoms with E-state index in [0.717, 1.165) is 26.2 Å². The van der Waals surface area contributed by atoms with Crippen LogP contribution in [0.2, 0.25) is 0 Å². The minimum atomic E-state index is -0.0333. The summed E-state index contributed by atoms with van der Waals surface area (Å²) < 4.78 is 0. The van der Waals surface area contributed by atoms with Crippen LogP contribution in [0.25, 0.3) is 0 Å². The number of carbonyl (C=O) groups excluding carboxylic acids is 1. The van der Waals surface area contributed by atoms with Crippen LogP contribution in [0.15, 0.2) is 0 Å². The van der Waals surface area contributed by atoms with Crippen molar-refractivity contribution >= 4 is 5.91 Å². The van der Waals surface area contributed by atoms with E-state index in [2.05, 4.69) is 21.2 Å². The summed E-state index contributed by atoms with van der Waals surface area (Å²) in [5.41, 5.74) is 0. The first-order valence-electron chi connectivity index (χ1n) is 5.71. The first kappa shape index (κ1) is 13.4. The molecule has 1 heterocycles. The third-order valence-electron chi connectivity index (χ3n) is 2.69. The Balaban J connectivity index is 2.15. The summed E-state index contributed by atoms with van der Waals surface area (Å²) in [6.07, 6.45) is 0.349. The fourth-order valence-electron chi connectivity index (χ4n) is 1.72. The van der Waals surface area contributed by atoms with E-state index in [1.165, 1.54) is 0 Å². The van der Waals surface area contributed by atoms with Gasteiger partial charge in [-0.05, 0) is 0 Å². The minimum Gasteiger partial charge on any atom is -0.354 e. The maximum absolute atomic E-state index is 11.5. The number of amides is 1. The van der Waals surface area contributed by atoms with Crippen molar-refractivity contribution in [2.45, 2.75) is 6.42 Å². The van der Waals surface area contributed by atoms with Gasteiger partial charge in [0.05, 0.1) is 31.6 Å². The largest absolute Gasteiger partial charge is 0.354 e. The Labute approximate surface area is 101 Å². The highest BCUT2D eigenvalue weighted by Crippen LogP contribution is 2.00. The van der Waals surface area contributed by atoms with Gasteiger partial charge in [0.15, 0.2) is 0 Å². The van der Waals surface area contributed by atoms with E-state index in [1.54, 1.807) is 0 Å². The lowest BCUT2D eigenvalue weighted by Crippen LogP contribution is -2.49. The zero-order valence-electron chi connectivity index (χ0n) is 9.85. The zero-order chi connectivity index (χ0) is 12.5. The molecule has 1 amide bonds. The van der Waals surface area contributed by atoms with Gasteiger partial charge < -0.3 is 5.32 Å². The molecular formula is C11H17N5O. The van der Waals surface area contributed by atoms with Gasteiger partial charge in [0.2, 0.25) is 5.91 Å². The normalized spacial score (nSPS) is 17.1. The van der Waals surface area contributed by atoms with Crippen LogP contribution in [-0.2, 0) is 4.79 Å². The van der Waals surface area contributed by atoms with E-state index in [1.807, 2.05) is 6.07 Å². The van der Waals surface area contributed by atoms with Crippen LogP contribution in [0.3, 0.4) is 0 Å². The van der Waals surface area contributed by atoms with E-state index in [-0.39, 0.29) is 5.91 Å². The zero-order valence-corrected chi connectivity index (χ0v) is 9.85. The second-order valence-electron chi connectivity index (χ2n) is 3.97. The lowest BCUT2D eigenvalue weighted by Gasteiger charge is -2.32. The van der Waals surface area contributed by atoms with Gasteiger partial charge in [-0.15, -0.1) is 0 Å². The molecule has 0 atom stereocenters. The Bertz CT molecular complexity index is 322. The quantitative estimate of drug-likeness (QED) is 0.496. The molecule has 6 heteroatoms. The number of nitrogens with one attached hydrogen (secondary N) is 1. The molecule has 1 rings (SSSR count). The van der Waals surface area contributed by atoms with Crippen molar-refractivity contribution < 1.29 is 4.79 Å². The maximum Gasteiger partial charge on any atom is 0.234 e. The van der Waals surface area contributed by atoms with E-state index in [4.69, 9.17) is 10.5 Å². The molecule has 1 N–H and O–H groups in total. The van der Waals surface area contributed by atoms with Crippen molar-refractivity contribution in [2.24, 2.45) is 0 Å². The smallest absolute Gasteiger partial charge is 0.234 e. The molecule has 0 radical (unpaired) electrons. The van der Waals surface area contributed by atoms with Crippen molar-refractivity contribution in [3.05, 3.63) is 0 Å². The van der Waals surface area contributed by atoms with Crippen LogP contribution < -0.4 is 5.32 Å². The molecule has 0 spiro atoms. The summed E-state index contributed by atoms with van der Waals surface area (Å²) in [4.78, 5) is 15.6. The van der Waals surface area contributed by atoms with Crippen molar-refractivity contribution in [1.29, 1.82) is 10.5 Å². The topological polar surface area (TPSA) is 83.2 Å². The molecule has 1 aliphatic heterocycles. The molecule has 92 valence electrons. The molecule has 0 aromatic carbocycles. The Morgan fingerprint density at radius 2 is 1.76 bits per heavy atom. The van der Waals surface area contributed by atoms with Gasteiger partial charge >= 0.3 is 0 Å². The van der Waals surface area contributed by atoms with Crippen molar-refractivity contribution in [3.8, 4) is 12.1 Å². The Morgan fingerprint density at radius 1 is 1.12 bits per heavy atom. The van der Waals surface area contributed by atoms with Crippen molar-refractivity contribution in [1.82, 2.24) is 15.1 Å². The van der Waals surface area contributed by atoms with E-state index in [9.17, 15) is 4.79 Å². The van der Waals surface area contributed by atoms with Crippen LogP contribution in [-0.4, -0.2) is 61.5 Å². The lowest BCUT2D eigenvalue weighted by atomic mass is 10.3. The number of nitriles is 2. The number of hydrogen-bond donors (Lipinski definition) is 1. The lowest BCUT2D eigenvalue weighted by molar-refractivity contribution is -0.122. The van der Waals surface area contributed by atoms with E-state index >= 15 is 0 Å². The molecule has 0 saturated carbocycles. The molecule has 1 fully saturated rings. The third kappa shape index (κ3) is 5.30. The highest BCUT2D eigenvalue weighted by atomic mass is 16.2. The second-order valence-corrected chi connectivity index (χ2v) is 3.97. The molecule has 0 aromatic heterocycles. The van der Waals surface area contributed by atoms with Gasteiger partial charge in [0.25, 0.3) is 0 Å². The van der Waals surface area contributed by atoms with Crippen LogP contribution in [0.4, 0.5) is 0 Å². The maximum atomic E-state index is 11.5. The highest BCUT2D eigenvalue weighted by Gasteiger charge is 2.18. The SMILES string of the molecule is N#CCCNC(=O)CN1CCN(CC#N)CC1. The molecule has 0 aromatic rings. The predicted molar refractivity (Wildman–Crippen MR) is 61.7 cm³/mol. The summed E-state index contributed by atoms with van der Waals surface area (Å²) in [6.45, 7) is 4.55. The number of piperazine rings is 1. The van der Waals surface area contributed by atoms with Crippen molar-refractivity contribution in [3.63, 3.8) is 0 Å². The number of hydrogen-bond acceptors (Lipinski definition) is 5. The first-order chi connectivity index (χ1) is 8.26. The standard InChI is InChI=1S/C11H17N5O/c12-2-1-4-14-11(17)10-16-8-6-15(5-3-13)7-9-16/h1,4-10H2,(H,14,17). The molecule has 6 nitrogen and oxygen atoms in total. The van der Waals surface area contributed by atoms with Crippen LogP contribution in [0.5, 0.6) is 0 Å². The summed E-state index contributed by atoms with van der Waals surface area (Å²) >= 11 is 0. The van der Waals surface area contributed by atoms with Gasteiger partial charge in [-0.2, -0.15) is 10.5 Å². The van der Waals surface area contributed by atoms with Gasteiger partial charge in [-0.3, -0.25) is 14.6 Å². The second kappa shape index (κ2) is 7.61. The Hall–Kier alpha value is -1.63. The highest BCUT2D eigenvalue weighted by molar-refractivity contribution is 5.78. The van der Waals surface area contributed by atoms with E-state index < -0.39 is 0 Å². The van der Waals surface area contributed by atoms with Gasteiger partial charge in [0.1, 0.15) is 0 Å². The fraction of sp³-hybridized carbons (Fsp3) is 0.727. The molecule has 1 saturated heterocycles. The van der Waals surface area contributed by atoms with E-state index in [0.29, 0.717) is 26.1 Å². The minimum absolute atomic E-state index is 0.0333. The van der Waals surface area contributed by atoms with Gasteiger partial charge in [0, 0.05) is 32.7 Å².